The molecule has 0 aliphatic carbocycles. The average Bonchev–Trinajstić information content (AvgIpc) is 3.57. The number of benzene rings is 3. The number of carbonyl (C=O) groups excluding carboxylic acids is 1. The van der Waals surface area contributed by atoms with Gasteiger partial charge < -0.3 is 19.3 Å². The molecule has 1 amide bonds. The van der Waals surface area contributed by atoms with E-state index in [2.05, 4.69) is 15.2 Å². The van der Waals surface area contributed by atoms with E-state index < -0.39 is 34.7 Å². The number of ether oxygens (including phenoxy) is 2. The van der Waals surface area contributed by atoms with Crippen molar-refractivity contribution in [3.8, 4) is 11.5 Å². The van der Waals surface area contributed by atoms with Gasteiger partial charge in [0.1, 0.15) is 11.5 Å². The topological polar surface area (TPSA) is 109 Å². The molecule has 0 saturated carbocycles. The van der Waals surface area contributed by atoms with Gasteiger partial charge in [0.25, 0.3) is 5.91 Å². The van der Waals surface area contributed by atoms with Crippen molar-refractivity contribution in [1.82, 2.24) is 9.78 Å². The van der Waals surface area contributed by atoms with E-state index in [0.717, 1.165) is 9.01 Å². The molecule has 47 heavy (non-hydrogen) atoms. The van der Waals surface area contributed by atoms with Gasteiger partial charge in [-0.15, -0.1) is 24.5 Å². The van der Waals surface area contributed by atoms with Crippen LogP contribution in [-0.4, -0.2) is 36.9 Å². The largest absolute Gasteiger partial charge is 0.755 e. The van der Waals surface area contributed by atoms with Crippen LogP contribution >= 0.6 is 22.9 Å². The number of alkyl halides is 3. The Hall–Kier alpha value is -4.11. The summed E-state index contributed by atoms with van der Waals surface area (Å²) in [6, 6.07) is 15.8. The van der Waals surface area contributed by atoms with Crippen LogP contribution in [-0.2, 0) is 23.7 Å². The van der Waals surface area contributed by atoms with Crippen molar-refractivity contribution in [2.24, 2.45) is 7.05 Å². The second-order valence-electron chi connectivity index (χ2n) is 11.4. The quantitative estimate of drug-likeness (QED) is 0.146. The van der Waals surface area contributed by atoms with Crippen LogP contribution in [0.5, 0.6) is 11.5 Å². The number of thiophene rings is 1. The molecule has 1 atom stereocenters. The minimum absolute atomic E-state index is 0.207. The van der Waals surface area contributed by atoms with Crippen molar-refractivity contribution in [2.75, 3.05) is 9.62 Å². The number of nitrogens with zero attached hydrogens (tertiary/aromatic N) is 3. The van der Waals surface area contributed by atoms with E-state index in [1.807, 2.05) is 13.8 Å². The van der Waals surface area contributed by atoms with Gasteiger partial charge in [-0.05, 0) is 85.0 Å². The normalized spacial score (nSPS) is 12.7. The molecule has 0 saturated heterocycles. The zero-order valence-corrected chi connectivity index (χ0v) is 28.1. The zero-order valence-electron chi connectivity index (χ0n) is 25.7. The molecule has 0 bridgehead atoms. The molecule has 2 heterocycles. The molecule has 1 unspecified atom stereocenters. The summed E-state index contributed by atoms with van der Waals surface area (Å²) >= 11 is 5.07. The van der Waals surface area contributed by atoms with E-state index in [0.29, 0.717) is 43.5 Å². The van der Waals surface area contributed by atoms with E-state index in [1.54, 1.807) is 75.6 Å². The first-order chi connectivity index (χ1) is 22.0. The van der Waals surface area contributed by atoms with Crippen molar-refractivity contribution in [2.45, 2.75) is 45.6 Å². The summed E-state index contributed by atoms with van der Waals surface area (Å²) in [7, 11) is 1.68. The highest BCUT2D eigenvalue weighted by Gasteiger charge is 2.33. The van der Waals surface area contributed by atoms with Gasteiger partial charge in [0.05, 0.1) is 39.8 Å². The second kappa shape index (κ2) is 13.2. The Morgan fingerprint density at radius 1 is 1.04 bits per heavy atom. The highest BCUT2D eigenvalue weighted by molar-refractivity contribution is 7.81. The molecular weight excluding hydrogens is 677 g/mol. The Labute approximate surface area is 280 Å². The fourth-order valence-electron chi connectivity index (χ4n) is 4.95. The molecule has 0 aliphatic heterocycles. The molecule has 0 aliphatic rings. The summed E-state index contributed by atoms with van der Waals surface area (Å²) in [6.45, 7) is 7.14. The molecule has 15 heteroatoms. The van der Waals surface area contributed by atoms with E-state index >= 15 is 0 Å². The predicted molar refractivity (Wildman–Crippen MR) is 177 cm³/mol. The molecule has 3 aromatic carbocycles. The number of halogens is 4. The van der Waals surface area contributed by atoms with Crippen LogP contribution in [0, 0.1) is 0 Å². The summed E-state index contributed by atoms with van der Waals surface area (Å²) in [6.07, 6.45) is -2.19. The zero-order chi connectivity index (χ0) is 34.3. The molecule has 248 valence electrons. The number of fused-ring (bicyclic) bond motifs is 1. The van der Waals surface area contributed by atoms with Gasteiger partial charge in [-0.2, -0.15) is 5.10 Å². The van der Waals surface area contributed by atoms with E-state index in [-0.39, 0.29) is 11.9 Å². The Morgan fingerprint density at radius 3 is 2.38 bits per heavy atom. The second-order valence-corrected chi connectivity index (χ2v) is 13.8. The Bertz CT molecular complexity index is 1980. The standard InChI is InChI=1S/C32H30ClF3N4O5S2/c1-18(2)44-26-12-21(13-27(15-26)45-32(34,35)36)31(3,4)20-10-22(33)14-23(11-20)38-30(41)29-9-19-8-24(6-7-28(19)46-29)40(47(42)43)25-16-37-39(5)17-25/h6-18H,1-5H3,(H,38,41)(H,42,43)/p-1. The molecule has 0 fully saturated rings. The van der Waals surface area contributed by atoms with Crippen LogP contribution in [0.25, 0.3) is 10.1 Å². The number of aryl methyl sites for hydroxylation is 1. The van der Waals surface area contributed by atoms with Crippen LogP contribution in [0.2, 0.25) is 5.02 Å². The summed E-state index contributed by atoms with van der Waals surface area (Å²) in [5.41, 5.74) is 1.28. The molecule has 0 spiro atoms. The maximum Gasteiger partial charge on any atom is 0.573 e. The lowest BCUT2D eigenvalue weighted by Gasteiger charge is -2.28. The van der Waals surface area contributed by atoms with Crippen molar-refractivity contribution in [3.63, 3.8) is 0 Å². The summed E-state index contributed by atoms with van der Waals surface area (Å²) in [5, 5.41) is 7.85. The van der Waals surface area contributed by atoms with Crippen molar-refractivity contribution in [1.29, 1.82) is 0 Å². The lowest BCUT2D eigenvalue weighted by atomic mass is 9.78. The smallest absolute Gasteiger partial charge is 0.573 e. The maximum absolute atomic E-state index is 13.4. The lowest BCUT2D eigenvalue weighted by Crippen LogP contribution is -2.22. The third-order valence-electron chi connectivity index (χ3n) is 7.12. The van der Waals surface area contributed by atoms with Gasteiger partial charge in [0.2, 0.25) is 0 Å². The van der Waals surface area contributed by atoms with Crippen LogP contribution in [0.15, 0.2) is 73.1 Å². The van der Waals surface area contributed by atoms with Crippen LogP contribution in [0.3, 0.4) is 0 Å². The predicted octanol–water partition coefficient (Wildman–Crippen LogP) is 8.48. The Balaban J connectivity index is 1.43. The Kier molecular flexibility index (Phi) is 9.60. The van der Waals surface area contributed by atoms with Crippen molar-refractivity contribution >= 4 is 67.3 Å². The third kappa shape index (κ3) is 8.07. The molecule has 5 rings (SSSR count). The molecule has 5 aromatic rings. The number of amides is 1. The molecule has 1 N–H and O–H groups in total. The van der Waals surface area contributed by atoms with E-state index in [9.17, 15) is 26.7 Å². The van der Waals surface area contributed by atoms with Crippen molar-refractivity contribution < 1.29 is 36.2 Å². The van der Waals surface area contributed by atoms with Gasteiger partial charge in [0.15, 0.2) is 0 Å². The molecule has 0 radical (unpaired) electrons. The summed E-state index contributed by atoms with van der Waals surface area (Å²) in [4.78, 5) is 13.8. The van der Waals surface area contributed by atoms with Crippen LogP contribution in [0.4, 0.5) is 30.2 Å². The minimum atomic E-state index is -4.90. The number of rotatable bonds is 10. The van der Waals surface area contributed by atoms with Gasteiger partial charge in [-0.1, -0.05) is 25.4 Å². The van der Waals surface area contributed by atoms with Gasteiger partial charge in [-0.25, -0.2) is 0 Å². The number of hydrogen-bond acceptors (Lipinski definition) is 7. The number of anilines is 3. The SMILES string of the molecule is CC(C)Oc1cc(OC(F)(F)F)cc(C(C)(C)c2cc(Cl)cc(NC(=O)c3cc4cc(N(c5cnn(C)c5)S(=O)[O-])ccc4s3)c2)c1. The highest BCUT2D eigenvalue weighted by Crippen LogP contribution is 2.40. The number of nitrogens with one attached hydrogen (secondary N) is 1. The average molecular weight is 706 g/mol. The fourth-order valence-corrected chi connectivity index (χ4v) is 6.68. The minimum Gasteiger partial charge on any atom is -0.755 e. The van der Waals surface area contributed by atoms with Crippen LogP contribution < -0.4 is 19.1 Å². The fraction of sp³-hybridized carbons (Fsp3) is 0.250. The van der Waals surface area contributed by atoms with Crippen LogP contribution in [0.1, 0.15) is 48.5 Å². The van der Waals surface area contributed by atoms with E-state index in [4.69, 9.17) is 16.3 Å². The summed E-state index contributed by atoms with van der Waals surface area (Å²) in [5.74, 6) is -0.644. The Morgan fingerprint density at radius 2 is 1.74 bits per heavy atom. The van der Waals surface area contributed by atoms with Gasteiger partial charge >= 0.3 is 6.36 Å². The van der Waals surface area contributed by atoms with Crippen molar-refractivity contribution in [3.05, 3.63) is 94.1 Å². The summed E-state index contributed by atoms with van der Waals surface area (Å²) < 4.78 is 76.8. The molecule has 2 aromatic heterocycles. The lowest BCUT2D eigenvalue weighted by molar-refractivity contribution is -0.274. The van der Waals surface area contributed by atoms with E-state index in [1.165, 1.54) is 34.3 Å². The number of carbonyl (C=O) groups is 1. The first-order valence-electron chi connectivity index (χ1n) is 14.1. The first-order valence-corrected chi connectivity index (χ1v) is 16.3. The molecular formula is C32H29ClF3N4O5S2-. The third-order valence-corrected chi connectivity index (χ3v) is 9.17. The van der Waals surface area contributed by atoms with Gasteiger partial charge in [0, 0.05) is 40.1 Å². The maximum atomic E-state index is 13.4. The number of hydrogen-bond donors (Lipinski definition) is 1. The monoisotopic (exact) mass is 705 g/mol. The first kappa shape index (κ1) is 34.2. The molecule has 9 nitrogen and oxygen atoms in total. The number of aromatic nitrogens is 2. The van der Waals surface area contributed by atoms with Gasteiger partial charge in [-0.3, -0.25) is 18.0 Å². The highest BCUT2D eigenvalue weighted by atomic mass is 35.5.